The van der Waals surface area contributed by atoms with Crippen molar-refractivity contribution in [2.75, 3.05) is 0 Å². The fourth-order valence-electron chi connectivity index (χ4n) is 0.398. The maximum atomic E-state index is 10.2. The molecule has 6 nitrogen and oxygen atoms in total. The van der Waals surface area contributed by atoms with E-state index in [0.29, 0.717) is 6.29 Å². The van der Waals surface area contributed by atoms with Crippen LogP contribution in [0.25, 0.3) is 0 Å². The third kappa shape index (κ3) is 5.06. The molecular formula is C4H10NO5P. The summed E-state index contributed by atoms with van der Waals surface area (Å²) < 4.78 is 14.3. The number of phosphoric ester groups is 1. The van der Waals surface area contributed by atoms with Gasteiger partial charge < -0.3 is 20.3 Å². The molecule has 0 aliphatic rings. The van der Waals surface area contributed by atoms with E-state index < -0.39 is 20.0 Å². The van der Waals surface area contributed by atoms with E-state index in [1.165, 1.54) is 6.92 Å². The van der Waals surface area contributed by atoms with Crippen LogP contribution in [-0.2, 0) is 13.9 Å². The Labute approximate surface area is 63.6 Å². The van der Waals surface area contributed by atoms with E-state index in [-0.39, 0.29) is 0 Å². The van der Waals surface area contributed by atoms with Gasteiger partial charge in [0.25, 0.3) is 0 Å². The van der Waals surface area contributed by atoms with Crippen molar-refractivity contribution >= 4 is 14.1 Å². The highest BCUT2D eigenvalue weighted by atomic mass is 31.2. The fourth-order valence-corrected chi connectivity index (χ4v) is 0.971. The zero-order valence-corrected chi connectivity index (χ0v) is 6.77. The van der Waals surface area contributed by atoms with Gasteiger partial charge in [0.05, 0.1) is 12.1 Å². The first kappa shape index (κ1) is 10.7. The Kier molecular flexibility index (Phi) is 3.85. The number of phosphoric acid groups is 1. The molecule has 0 bridgehead atoms. The molecule has 0 heterocycles. The van der Waals surface area contributed by atoms with E-state index in [2.05, 4.69) is 4.52 Å². The van der Waals surface area contributed by atoms with Crippen molar-refractivity contribution in [3.05, 3.63) is 0 Å². The number of carbonyl (C=O) groups is 1. The Morgan fingerprint density at radius 2 is 2.09 bits per heavy atom. The molecule has 0 aromatic carbocycles. The minimum atomic E-state index is -4.53. The van der Waals surface area contributed by atoms with Crippen molar-refractivity contribution in [2.45, 2.75) is 19.1 Å². The molecule has 0 unspecified atom stereocenters. The van der Waals surface area contributed by atoms with E-state index in [0.717, 1.165) is 0 Å². The third-order valence-electron chi connectivity index (χ3n) is 1.00. The molecule has 0 rings (SSSR count). The molecule has 2 atom stereocenters. The molecule has 0 radical (unpaired) electrons. The number of hydrogen-bond donors (Lipinski definition) is 3. The second-order valence-electron chi connectivity index (χ2n) is 2.01. The first-order valence-electron chi connectivity index (χ1n) is 2.81. The number of carbonyl (C=O) groups excluding carboxylic acids is 1. The average Bonchev–Trinajstić information content (AvgIpc) is 1.82. The Morgan fingerprint density at radius 1 is 1.64 bits per heavy atom. The minimum Gasteiger partial charge on any atom is -0.320 e. The van der Waals surface area contributed by atoms with Gasteiger partial charge >= 0.3 is 7.82 Å². The van der Waals surface area contributed by atoms with Gasteiger partial charge in [-0.15, -0.1) is 0 Å². The van der Waals surface area contributed by atoms with Gasteiger partial charge in [-0.1, -0.05) is 0 Å². The van der Waals surface area contributed by atoms with Crippen LogP contribution in [0.15, 0.2) is 0 Å². The Morgan fingerprint density at radius 3 is 2.36 bits per heavy atom. The van der Waals surface area contributed by atoms with Gasteiger partial charge in [0.1, 0.15) is 6.29 Å². The van der Waals surface area contributed by atoms with Crippen molar-refractivity contribution < 1.29 is 23.7 Å². The Hall–Kier alpha value is -0.260. The van der Waals surface area contributed by atoms with Crippen LogP contribution >= 0.6 is 7.82 Å². The highest BCUT2D eigenvalue weighted by molar-refractivity contribution is 7.46. The van der Waals surface area contributed by atoms with E-state index >= 15 is 0 Å². The zero-order valence-electron chi connectivity index (χ0n) is 5.88. The van der Waals surface area contributed by atoms with Gasteiger partial charge in [-0.2, -0.15) is 0 Å². The number of aldehydes is 1. The molecule has 0 fully saturated rings. The quantitative estimate of drug-likeness (QED) is 0.381. The standard InChI is InChI=1S/C4H10NO5P/c1-3(4(5)2-6)10-11(7,8)9/h2-4H,5H2,1H3,(H2,7,8,9)/t3-,4-/m1/s1. The molecule has 7 heteroatoms. The second kappa shape index (κ2) is 3.94. The summed E-state index contributed by atoms with van der Waals surface area (Å²) >= 11 is 0. The topological polar surface area (TPSA) is 110 Å². The third-order valence-corrected chi connectivity index (χ3v) is 1.61. The van der Waals surface area contributed by atoms with Crippen LogP contribution in [0.4, 0.5) is 0 Å². The summed E-state index contributed by atoms with van der Waals surface area (Å²) in [4.78, 5) is 26.5. The Balaban J connectivity index is 3.97. The van der Waals surface area contributed by atoms with E-state index in [9.17, 15) is 9.36 Å². The molecule has 0 amide bonds. The van der Waals surface area contributed by atoms with Crippen molar-refractivity contribution in [3.63, 3.8) is 0 Å². The van der Waals surface area contributed by atoms with Crippen LogP contribution in [0.2, 0.25) is 0 Å². The normalized spacial score (nSPS) is 17.5. The number of rotatable bonds is 4. The SMILES string of the molecule is C[C@@H](OP(=O)(O)O)[C@H](N)C=O. The number of nitrogens with two attached hydrogens (primary N) is 1. The summed E-state index contributed by atoms with van der Waals surface area (Å²) in [7, 11) is -4.53. The first-order valence-corrected chi connectivity index (χ1v) is 4.34. The smallest absolute Gasteiger partial charge is 0.320 e. The fraction of sp³-hybridized carbons (Fsp3) is 0.750. The summed E-state index contributed by atoms with van der Waals surface area (Å²) in [6, 6.07) is -1.01. The maximum Gasteiger partial charge on any atom is 0.469 e. The first-order chi connectivity index (χ1) is 4.87. The van der Waals surface area contributed by atoms with E-state index in [1.807, 2.05) is 0 Å². The van der Waals surface area contributed by atoms with Crippen LogP contribution in [-0.4, -0.2) is 28.2 Å². The predicted molar refractivity (Wildman–Crippen MR) is 36.6 cm³/mol. The van der Waals surface area contributed by atoms with Gasteiger partial charge in [0, 0.05) is 0 Å². The van der Waals surface area contributed by atoms with Crippen LogP contribution in [0, 0.1) is 0 Å². The van der Waals surface area contributed by atoms with Crippen molar-refractivity contribution in [1.29, 1.82) is 0 Å². The molecule has 0 aromatic rings. The summed E-state index contributed by atoms with van der Waals surface area (Å²) in [5.74, 6) is 0. The molecular weight excluding hydrogens is 173 g/mol. The molecule has 0 saturated heterocycles. The zero-order chi connectivity index (χ0) is 9.07. The van der Waals surface area contributed by atoms with Crippen molar-refractivity contribution in [1.82, 2.24) is 0 Å². The van der Waals surface area contributed by atoms with Crippen LogP contribution in [0.5, 0.6) is 0 Å². The van der Waals surface area contributed by atoms with Crippen LogP contribution in [0.3, 0.4) is 0 Å². The Bertz CT molecular complexity index is 177. The summed E-state index contributed by atoms with van der Waals surface area (Å²) in [6.45, 7) is 1.30. The van der Waals surface area contributed by atoms with E-state index in [1.54, 1.807) is 0 Å². The van der Waals surface area contributed by atoms with Crippen molar-refractivity contribution in [3.8, 4) is 0 Å². The highest BCUT2D eigenvalue weighted by Gasteiger charge is 2.22. The molecule has 0 aromatic heterocycles. The van der Waals surface area contributed by atoms with Gasteiger partial charge in [0.2, 0.25) is 0 Å². The molecule has 0 spiro atoms. The van der Waals surface area contributed by atoms with Crippen LogP contribution < -0.4 is 5.73 Å². The van der Waals surface area contributed by atoms with Gasteiger partial charge in [-0.25, -0.2) is 4.57 Å². The highest BCUT2D eigenvalue weighted by Crippen LogP contribution is 2.37. The largest absolute Gasteiger partial charge is 0.469 e. The lowest BCUT2D eigenvalue weighted by Crippen LogP contribution is -2.35. The molecule has 0 saturated carbocycles. The lowest BCUT2D eigenvalue weighted by molar-refractivity contribution is -0.110. The second-order valence-corrected chi connectivity index (χ2v) is 3.21. The van der Waals surface area contributed by atoms with Gasteiger partial charge in [-0.3, -0.25) is 4.52 Å². The molecule has 4 N–H and O–H groups in total. The molecule has 66 valence electrons. The lowest BCUT2D eigenvalue weighted by Gasteiger charge is -2.15. The predicted octanol–water partition coefficient (Wildman–Crippen LogP) is -0.990. The monoisotopic (exact) mass is 183 g/mol. The molecule has 0 aliphatic heterocycles. The van der Waals surface area contributed by atoms with E-state index in [4.69, 9.17) is 15.5 Å². The van der Waals surface area contributed by atoms with Gasteiger partial charge in [-0.05, 0) is 6.92 Å². The minimum absolute atomic E-state index is 0.361. The molecule has 0 aliphatic carbocycles. The average molecular weight is 183 g/mol. The molecule has 11 heavy (non-hydrogen) atoms. The summed E-state index contributed by atoms with van der Waals surface area (Å²) in [6.07, 6.45) is -0.617. The van der Waals surface area contributed by atoms with Gasteiger partial charge in [0.15, 0.2) is 0 Å². The maximum absolute atomic E-state index is 10.2. The summed E-state index contributed by atoms with van der Waals surface area (Å²) in [5, 5.41) is 0. The number of hydrogen-bond acceptors (Lipinski definition) is 4. The lowest BCUT2D eigenvalue weighted by atomic mass is 10.2. The summed E-state index contributed by atoms with van der Waals surface area (Å²) in [5.41, 5.74) is 5.09. The van der Waals surface area contributed by atoms with Crippen LogP contribution in [0.1, 0.15) is 6.92 Å². The van der Waals surface area contributed by atoms with Crippen molar-refractivity contribution in [2.24, 2.45) is 5.73 Å².